The molecular weight excluding hydrogens is 164 g/mol. The molecule has 0 fully saturated rings. The van der Waals surface area contributed by atoms with E-state index in [1.807, 2.05) is 6.92 Å². The molecule has 1 aromatic heterocycles. The Morgan fingerprint density at radius 3 is 2.85 bits per heavy atom. The van der Waals surface area contributed by atoms with E-state index in [9.17, 15) is 4.79 Å². The van der Waals surface area contributed by atoms with Crippen molar-refractivity contribution < 1.29 is 4.79 Å². The van der Waals surface area contributed by atoms with Gasteiger partial charge in [-0.2, -0.15) is 0 Å². The van der Waals surface area contributed by atoms with E-state index in [0.717, 1.165) is 17.8 Å². The number of hydrogen-bond acceptors (Lipinski definition) is 2. The number of carbonyl (C=O) groups is 1. The molecule has 0 atom stereocenters. The molecule has 2 heterocycles. The normalized spacial score (nSPS) is 20.1. The number of hydrogen-bond donors (Lipinski definition) is 0. The van der Waals surface area contributed by atoms with Crippen LogP contribution in [0, 0.1) is 6.92 Å². The molecule has 0 saturated carbocycles. The van der Waals surface area contributed by atoms with Crippen molar-refractivity contribution in [1.29, 1.82) is 0 Å². The third kappa shape index (κ3) is 1.10. The van der Waals surface area contributed by atoms with Crippen LogP contribution in [0.1, 0.15) is 42.9 Å². The molecule has 0 spiro atoms. The van der Waals surface area contributed by atoms with Gasteiger partial charge in [-0.25, -0.2) is 4.98 Å². The summed E-state index contributed by atoms with van der Waals surface area (Å²) in [5.74, 6) is 0.176. The number of carbonyl (C=O) groups excluding carboxylic acids is 1. The topological polar surface area (TPSA) is 34.9 Å². The van der Waals surface area contributed by atoms with Crippen molar-refractivity contribution in [1.82, 2.24) is 9.55 Å². The highest BCUT2D eigenvalue weighted by atomic mass is 16.2. The van der Waals surface area contributed by atoms with Gasteiger partial charge in [-0.15, -0.1) is 0 Å². The van der Waals surface area contributed by atoms with Crippen LogP contribution in [-0.4, -0.2) is 15.5 Å². The lowest BCUT2D eigenvalue weighted by atomic mass is 9.81. The molecule has 0 aromatic carbocycles. The van der Waals surface area contributed by atoms with E-state index in [4.69, 9.17) is 0 Å². The number of aryl methyl sites for hydroxylation is 1. The maximum atomic E-state index is 11.5. The first kappa shape index (κ1) is 8.48. The minimum absolute atomic E-state index is 0.0918. The molecule has 3 nitrogen and oxygen atoms in total. The van der Waals surface area contributed by atoms with E-state index in [-0.39, 0.29) is 11.3 Å². The Morgan fingerprint density at radius 1 is 1.54 bits per heavy atom. The van der Waals surface area contributed by atoms with E-state index in [1.54, 1.807) is 10.9 Å². The fourth-order valence-corrected chi connectivity index (χ4v) is 2.10. The van der Waals surface area contributed by atoms with Gasteiger partial charge in [-0.3, -0.25) is 9.36 Å². The summed E-state index contributed by atoms with van der Waals surface area (Å²) >= 11 is 0. The summed E-state index contributed by atoms with van der Waals surface area (Å²) in [5, 5.41) is 0. The lowest BCUT2D eigenvalue weighted by Crippen LogP contribution is -2.32. The largest absolute Gasteiger partial charge is 0.274 e. The van der Waals surface area contributed by atoms with Crippen LogP contribution in [0.25, 0.3) is 0 Å². The summed E-state index contributed by atoms with van der Waals surface area (Å²) in [5.41, 5.74) is 2.16. The molecule has 0 unspecified atom stereocenters. The summed E-state index contributed by atoms with van der Waals surface area (Å²) < 4.78 is 1.71. The van der Waals surface area contributed by atoms with Crippen LogP contribution in [-0.2, 0) is 5.41 Å². The maximum absolute atomic E-state index is 11.5. The van der Waals surface area contributed by atoms with Gasteiger partial charge in [-0.1, -0.05) is 13.8 Å². The van der Waals surface area contributed by atoms with Gasteiger partial charge in [-0.05, 0) is 13.3 Å². The first-order valence-corrected chi connectivity index (χ1v) is 4.60. The van der Waals surface area contributed by atoms with Gasteiger partial charge in [0.25, 0.3) is 0 Å². The highest BCUT2D eigenvalue weighted by Gasteiger charge is 2.33. The summed E-state index contributed by atoms with van der Waals surface area (Å²) in [4.78, 5) is 15.7. The van der Waals surface area contributed by atoms with E-state index < -0.39 is 0 Å². The molecule has 0 bridgehead atoms. The lowest BCUT2D eigenvalue weighted by Gasteiger charge is -2.30. The zero-order valence-electron chi connectivity index (χ0n) is 8.29. The molecule has 2 rings (SSSR count). The van der Waals surface area contributed by atoms with Gasteiger partial charge in [0, 0.05) is 11.8 Å². The first-order chi connectivity index (χ1) is 6.02. The van der Waals surface area contributed by atoms with Gasteiger partial charge < -0.3 is 0 Å². The molecule has 1 aliphatic rings. The average molecular weight is 178 g/mol. The monoisotopic (exact) mass is 178 g/mol. The van der Waals surface area contributed by atoms with Crippen molar-refractivity contribution in [2.24, 2.45) is 0 Å². The van der Waals surface area contributed by atoms with Gasteiger partial charge in [0.1, 0.15) is 6.33 Å². The summed E-state index contributed by atoms with van der Waals surface area (Å²) in [6, 6.07) is 0. The second-order valence-corrected chi connectivity index (χ2v) is 4.33. The Kier molecular flexibility index (Phi) is 1.59. The smallest absolute Gasteiger partial charge is 0.232 e. The van der Waals surface area contributed by atoms with Crippen LogP contribution < -0.4 is 0 Å². The number of rotatable bonds is 0. The standard InChI is InChI=1S/C10H14N2O/c1-7-9-10(2,3)5-4-8(13)12(9)6-11-7/h6H,4-5H2,1-3H3. The van der Waals surface area contributed by atoms with Gasteiger partial charge in [0.2, 0.25) is 5.91 Å². The van der Waals surface area contributed by atoms with Crippen LogP contribution in [0.5, 0.6) is 0 Å². The van der Waals surface area contributed by atoms with Gasteiger partial charge >= 0.3 is 0 Å². The van der Waals surface area contributed by atoms with Crippen LogP contribution in [0.4, 0.5) is 0 Å². The van der Waals surface area contributed by atoms with E-state index >= 15 is 0 Å². The molecule has 13 heavy (non-hydrogen) atoms. The molecule has 3 heteroatoms. The summed E-state index contributed by atoms with van der Waals surface area (Å²) in [6.45, 7) is 6.30. The van der Waals surface area contributed by atoms with Crippen molar-refractivity contribution in [2.75, 3.05) is 0 Å². The molecule has 0 saturated heterocycles. The Labute approximate surface area is 77.8 Å². The predicted molar refractivity (Wildman–Crippen MR) is 49.9 cm³/mol. The van der Waals surface area contributed by atoms with E-state index in [0.29, 0.717) is 6.42 Å². The van der Waals surface area contributed by atoms with E-state index in [2.05, 4.69) is 18.8 Å². The van der Waals surface area contributed by atoms with Crippen LogP contribution in [0.3, 0.4) is 0 Å². The third-order valence-electron chi connectivity index (χ3n) is 2.82. The SMILES string of the molecule is Cc1ncn2c1C(C)(C)CCC2=O. The Hall–Kier alpha value is -1.12. The molecule has 0 N–H and O–H groups in total. The number of fused-ring (bicyclic) bond motifs is 1. The summed E-state index contributed by atoms with van der Waals surface area (Å²) in [7, 11) is 0. The van der Waals surface area contributed by atoms with Crippen LogP contribution in [0.2, 0.25) is 0 Å². The van der Waals surface area contributed by atoms with Crippen molar-refractivity contribution in [2.45, 2.75) is 39.0 Å². The molecule has 0 aliphatic carbocycles. The minimum atomic E-state index is 0.0918. The summed E-state index contributed by atoms with van der Waals surface area (Å²) in [6.07, 6.45) is 3.21. The predicted octanol–water partition coefficient (Wildman–Crippen LogP) is 1.90. The van der Waals surface area contributed by atoms with Crippen molar-refractivity contribution in [3.05, 3.63) is 17.7 Å². The average Bonchev–Trinajstić information content (AvgIpc) is 2.42. The van der Waals surface area contributed by atoms with Crippen LogP contribution in [0.15, 0.2) is 6.33 Å². The van der Waals surface area contributed by atoms with Gasteiger partial charge in [0.05, 0.1) is 11.4 Å². The number of imidazole rings is 1. The highest BCUT2D eigenvalue weighted by Crippen LogP contribution is 2.34. The lowest BCUT2D eigenvalue weighted by molar-refractivity contribution is 0.0858. The Bertz CT molecular complexity index is 363. The van der Waals surface area contributed by atoms with Gasteiger partial charge in [0.15, 0.2) is 0 Å². The number of aromatic nitrogens is 2. The second-order valence-electron chi connectivity index (χ2n) is 4.33. The van der Waals surface area contributed by atoms with Crippen LogP contribution >= 0.6 is 0 Å². The molecule has 1 aromatic rings. The Balaban J connectivity index is 2.64. The molecule has 1 aliphatic heterocycles. The second kappa shape index (κ2) is 2.44. The third-order valence-corrected chi connectivity index (χ3v) is 2.82. The first-order valence-electron chi connectivity index (χ1n) is 4.60. The zero-order valence-corrected chi connectivity index (χ0v) is 8.29. The molecular formula is C10H14N2O. The maximum Gasteiger partial charge on any atom is 0.232 e. The van der Waals surface area contributed by atoms with Crippen molar-refractivity contribution >= 4 is 5.91 Å². The van der Waals surface area contributed by atoms with E-state index in [1.165, 1.54) is 0 Å². The molecule has 0 amide bonds. The quantitative estimate of drug-likeness (QED) is 0.608. The van der Waals surface area contributed by atoms with Crippen molar-refractivity contribution in [3.63, 3.8) is 0 Å². The highest BCUT2D eigenvalue weighted by molar-refractivity contribution is 5.81. The zero-order chi connectivity index (χ0) is 9.64. The fourth-order valence-electron chi connectivity index (χ4n) is 2.10. The number of nitrogens with zero attached hydrogens (tertiary/aromatic N) is 2. The molecule has 70 valence electrons. The Morgan fingerprint density at radius 2 is 2.23 bits per heavy atom. The minimum Gasteiger partial charge on any atom is -0.274 e. The molecule has 0 radical (unpaired) electrons. The fraction of sp³-hybridized carbons (Fsp3) is 0.600. The van der Waals surface area contributed by atoms with Crippen molar-refractivity contribution in [3.8, 4) is 0 Å².